The Balaban J connectivity index is 3.16. The molecule has 6 nitrogen and oxygen atoms in total. The van der Waals surface area contributed by atoms with Crippen LogP contribution in [0.1, 0.15) is 18.2 Å². The first-order valence-electron chi connectivity index (χ1n) is 5.62. The van der Waals surface area contributed by atoms with Crippen LogP contribution in [0.3, 0.4) is 0 Å². The minimum absolute atomic E-state index is 0.294. The monoisotopic (exact) mass is 315 g/mol. The number of sulfonamides is 1. The highest BCUT2D eigenvalue weighted by Crippen LogP contribution is 2.37. The maximum absolute atomic E-state index is 12.9. The first kappa shape index (κ1) is 16.8. The molecule has 0 aliphatic heterocycles. The number of rotatable bonds is 5. The average Bonchev–Trinajstić information content (AvgIpc) is 2.51. The normalized spacial score (nSPS) is 14.3. The molecule has 0 amide bonds. The number of nitrogens with one attached hydrogen (secondary N) is 1. The summed E-state index contributed by atoms with van der Waals surface area (Å²) in [6.07, 6.45) is -5.33. The fourth-order valence-electron chi connectivity index (χ4n) is 1.68. The van der Waals surface area contributed by atoms with Gasteiger partial charge in [-0.1, -0.05) is 0 Å². The topological polar surface area (TPSA) is 73.2 Å². The van der Waals surface area contributed by atoms with Crippen molar-refractivity contribution in [2.24, 2.45) is 7.05 Å². The van der Waals surface area contributed by atoms with Crippen molar-refractivity contribution in [3.63, 3.8) is 0 Å². The first-order chi connectivity index (χ1) is 8.98. The highest BCUT2D eigenvalue weighted by Gasteiger charge is 2.39. The molecule has 1 atom stereocenters. The summed E-state index contributed by atoms with van der Waals surface area (Å²) >= 11 is 0. The molecule has 1 rings (SSSR count). The van der Waals surface area contributed by atoms with E-state index < -0.39 is 39.4 Å². The van der Waals surface area contributed by atoms with E-state index in [4.69, 9.17) is 4.74 Å². The summed E-state index contributed by atoms with van der Waals surface area (Å²) in [5.74, 6) is -1.05. The number of hydrogen-bond donors (Lipinski definition) is 1. The first-order valence-corrected chi connectivity index (χ1v) is 7.27. The number of alkyl halides is 3. The lowest BCUT2D eigenvalue weighted by Gasteiger charge is -2.14. The van der Waals surface area contributed by atoms with Gasteiger partial charge in [-0.3, -0.25) is 9.40 Å². The second-order valence-electron chi connectivity index (χ2n) is 4.36. The Labute approximate surface area is 115 Å². The standard InChI is InChI=1S/C10H16F3N3O3S/c1-6(19-4)5-20(17,18)15-9-8(10(11,12)13)7(2)14-16(9)3/h6,15H,5H2,1-4H3. The Morgan fingerprint density at radius 3 is 2.45 bits per heavy atom. The molecule has 0 aromatic carbocycles. The molecule has 0 saturated heterocycles. The van der Waals surface area contributed by atoms with Crippen LogP contribution in [-0.4, -0.2) is 37.2 Å². The van der Waals surface area contributed by atoms with Gasteiger partial charge in [0.1, 0.15) is 11.4 Å². The number of halogens is 3. The molecule has 0 fully saturated rings. The zero-order chi connectivity index (χ0) is 15.7. The zero-order valence-electron chi connectivity index (χ0n) is 11.4. The molecule has 10 heteroatoms. The van der Waals surface area contributed by atoms with Crippen molar-refractivity contribution in [1.29, 1.82) is 0 Å². The summed E-state index contributed by atoms with van der Waals surface area (Å²) < 4.78 is 69.9. The van der Waals surface area contributed by atoms with E-state index in [0.29, 0.717) is 0 Å². The quantitative estimate of drug-likeness (QED) is 0.894. The predicted octanol–water partition coefficient (Wildman–Crippen LogP) is 1.52. The van der Waals surface area contributed by atoms with Gasteiger partial charge in [0, 0.05) is 14.2 Å². The summed E-state index contributed by atoms with van der Waals surface area (Å²) in [6.45, 7) is 2.66. The molecular weight excluding hydrogens is 299 g/mol. The Morgan fingerprint density at radius 2 is 2.00 bits per heavy atom. The van der Waals surface area contributed by atoms with Gasteiger partial charge in [0.15, 0.2) is 0 Å². The van der Waals surface area contributed by atoms with Crippen molar-refractivity contribution < 1.29 is 26.3 Å². The third-order valence-corrected chi connectivity index (χ3v) is 4.03. The summed E-state index contributed by atoms with van der Waals surface area (Å²) in [6, 6.07) is 0. The van der Waals surface area contributed by atoms with Crippen molar-refractivity contribution in [1.82, 2.24) is 9.78 Å². The van der Waals surface area contributed by atoms with Crippen LogP contribution >= 0.6 is 0 Å². The molecule has 1 aromatic rings. The third-order valence-electron chi connectivity index (χ3n) is 2.61. The van der Waals surface area contributed by atoms with Gasteiger partial charge in [0.05, 0.1) is 17.6 Å². The average molecular weight is 315 g/mol. The van der Waals surface area contributed by atoms with Crippen LogP contribution in [0, 0.1) is 6.92 Å². The largest absolute Gasteiger partial charge is 0.421 e. The molecule has 1 unspecified atom stereocenters. The second kappa shape index (κ2) is 5.60. The minimum atomic E-state index is -4.69. The van der Waals surface area contributed by atoms with Crippen LogP contribution in [0.5, 0.6) is 0 Å². The summed E-state index contributed by atoms with van der Waals surface area (Å²) in [5.41, 5.74) is -1.38. The molecule has 1 aromatic heterocycles. The van der Waals surface area contributed by atoms with Gasteiger partial charge < -0.3 is 4.74 Å². The van der Waals surface area contributed by atoms with Crippen LogP contribution in [0.2, 0.25) is 0 Å². The van der Waals surface area contributed by atoms with Crippen molar-refractivity contribution in [2.75, 3.05) is 17.6 Å². The number of methoxy groups -OCH3 is 1. The van der Waals surface area contributed by atoms with E-state index in [1.54, 1.807) is 0 Å². The van der Waals surface area contributed by atoms with Gasteiger partial charge in [-0.2, -0.15) is 18.3 Å². The van der Waals surface area contributed by atoms with E-state index in [1.807, 2.05) is 4.72 Å². The molecular formula is C10H16F3N3O3S. The second-order valence-corrected chi connectivity index (χ2v) is 6.13. The molecule has 0 saturated carbocycles. The van der Waals surface area contributed by atoms with Crippen LogP contribution in [0.4, 0.5) is 19.0 Å². The van der Waals surface area contributed by atoms with Crippen LogP contribution in [0.15, 0.2) is 0 Å². The van der Waals surface area contributed by atoms with Gasteiger partial charge in [0.25, 0.3) is 0 Å². The van der Waals surface area contributed by atoms with Gasteiger partial charge in [-0.05, 0) is 13.8 Å². The van der Waals surface area contributed by atoms with Gasteiger partial charge in [0.2, 0.25) is 10.0 Å². The molecule has 0 bridgehead atoms. The smallest absolute Gasteiger partial charge is 0.381 e. The highest BCUT2D eigenvalue weighted by atomic mass is 32.2. The Kier molecular flexibility index (Phi) is 4.70. The summed E-state index contributed by atoms with van der Waals surface area (Å²) in [5, 5.41) is 3.60. The van der Waals surface area contributed by atoms with Crippen molar-refractivity contribution >= 4 is 15.8 Å². The van der Waals surface area contributed by atoms with E-state index in [0.717, 1.165) is 4.68 Å². The molecule has 20 heavy (non-hydrogen) atoms. The van der Waals surface area contributed by atoms with E-state index in [1.165, 1.54) is 28.0 Å². The lowest BCUT2D eigenvalue weighted by Crippen LogP contribution is -2.27. The molecule has 1 heterocycles. The number of aryl methyl sites for hydroxylation is 2. The van der Waals surface area contributed by atoms with Crippen molar-refractivity contribution in [3.8, 4) is 0 Å². The molecule has 0 spiro atoms. The summed E-state index contributed by atoms with van der Waals surface area (Å²) in [7, 11) is -1.42. The Morgan fingerprint density at radius 1 is 1.45 bits per heavy atom. The number of nitrogens with zero attached hydrogens (tertiary/aromatic N) is 2. The number of aromatic nitrogens is 2. The lowest BCUT2D eigenvalue weighted by atomic mass is 10.2. The highest BCUT2D eigenvalue weighted by molar-refractivity contribution is 7.92. The fraction of sp³-hybridized carbons (Fsp3) is 0.700. The van der Waals surface area contributed by atoms with E-state index in [9.17, 15) is 21.6 Å². The fourth-order valence-corrected chi connectivity index (χ4v) is 3.05. The predicted molar refractivity (Wildman–Crippen MR) is 66.8 cm³/mol. The molecule has 116 valence electrons. The number of hydrogen-bond acceptors (Lipinski definition) is 4. The number of anilines is 1. The maximum Gasteiger partial charge on any atom is 0.421 e. The van der Waals surface area contributed by atoms with E-state index in [-0.39, 0.29) is 5.69 Å². The van der Waals surface area contributed by atoms with Crippen molar-refractivity contribution in [3.05, 3.63) is 11.3 Å². The Hall–Kier alpha value is -1.29. The van der Waals surface area contributed by atoms with E-state index in [2.05, 4.69) is 5.10 Å². The SMILES string of the molecule is COC(C)CS(=O)(=O)Nc1c(C(F)(F)F)c(C)nn1C. The van der Waals surface area contributed by atoms with Crippen LogP contribution in [-0.2, 0) is 28.0 Å². The lowest BCUT2D eigenvalue weighted by molar-refractivity contribution is -0.137. The van der Waals surface area contributed by atoms with Crippen LogP contribution in [0.25, 0.3) is 0 Å². The number of ether oxygens (including phenoxy) is 1. The molecule has 0 aliphatic rings. The van der Waals surface area contributed by atoms with Gasteiger partial charge in [-0.25, -0.2) is 8.42 Å². The van der Waals surface area contributed by atoms with Crippen LogP contribution < -0.4 is 4.72 Å². The molecule has 0 aliphatic carbocycles. The minimum Gasteiger partial charge on any atom is -0.381 e. The third kappa shape index (κ3) is 3.85. The summed E-state index contributed by atoms with van der Waals surface area (Å²) in [4.78, 5) is 0. The molecule has 0 radical (unpaired) electrons. The zero-order valence-corrected chi connectivity index (χ0v) is 12.3. The van der Waals surface area contributed by atoms with Gasteiger partial charge in [-0.15, -0.1) is 0 Å². The van der Waals surface area contributed by atoms with Gasteiger partial charge >= 0.3 is 6.18 Å². The molecule has 1 N–H and O–H groups in total. The maximum atomic E-state index is 12.9. The van der Waals surface area contributed by atoms with Crippen molar-refractivity contribution in [2.45, 2.75) is 26.1 Å². The Bertz CT molecular complexity index is 581. The van der Waals surface area contributed by atoms with E-state index >= 15 is 0 Å².